The molecule has 0 atom stereocenters. The lowest BCUT2D eigenvalue weighted by atomic mass is 10.0. The average molecular weight is 357 g/mol. The fourth-order valence-corrected chi connectivity index (χ4v) is 3.37. The van der Waals surface area contributed by atoms with Crippen molar-refractivity contribution in [3.63, 3.8) is 0 Å². The lowest BCUT2D eigenvalue weighted by Gasteiger charge is -2.08. The van der Waals surface area contributed by atoms with E-state index in [0.717, 1.165) is 24.0 Å². The monoisotopic (exact) mass is 357 g/mol. The van der Waals surface area contributed by atoms with Crippen molar-refractivity contribution in [1.82, 2.24) is 10.2 Å². The Morgan fingerprint density at radius 1 is 1.04 bits per heavy atom. The summed E-state index contributed by atoms with van der Waals surface area (Å²) in [6, 6.07) is 14.4. The first kappa shape index (κ1) is 17.3. The molecule has 7 heteroatoms. The van der Waals surface area contributed by atoms with Gasteiger partial charge < -0.3 is 4.42 Å². The molecule has 0 spiro atoms. The molecule has 6 nitrogen and oxygen atoms in total. The minimum atomic E-state index is -3.74. The van der Waals surface area contributed by atoms with Crippen LogP contribution in [-0.2, 0) is 22.9 Å². The molecule has 0 fully saturated rings. The molecule has 0 aliphatic heterocycles. The molecule has 2 aromatic carbocycles. The van der Waals surface area contributed by atoms with Crippen LogP contribution in [-0.4, -0.2) is 18.6 Å². The SMILES string of the molecule is CCCc1nnc(-c2ccc(Cc3ccccc3S(N)(=O)=O)cc2)o1. The summed E-state index contributed by atoms with van der Waals surface area (Å²) >= 11 is 0. The molecule has 0 unspecified atom stereocenters. The van der Waals surface area contributed by atoms with E-state index in [-0.39, 0.29) is 4.90 Å². The normalized spacial score (nSPS) is 11.6. The lowest BCUT2D eigenvalue weighted by Crippen LogP contribution is -2.14. The third-order valence-electron chi connectivity index (χ3n) is 3.81. The van der Waals surface area contributed by atoms with Crippen LogP contribution in [0.15, 0.2) is 57.8 Å². The smallest absolute Gasteiger partial charge is 0.247 e. The second kappa shape index (κ2) is 7.16. The second-order valence-corrected chi connectivity index (χ2v) is 7.31. The third kappa shape index (κ3) is 4.12. The number of primary sulfonamides is 1. The van der Waals surface area contributed by atoms with Gasteiger partial charge in [0.1, 0.15) is 0 Å². The zero-order valence-electron chi connectivity index (χ0n) is 13.8. The van der Waals surface area contributed by atoms with E-state index in [4.69, 9.17) is 9.56 Å². The van der Waals surface area contributed by atoms with Crippen LogP contribution in [0.4, 0.5) is 0 Å². The average Bonchev–Trinajstić information content (AvgIpc) is 3.04. The van der Waals surface area contributed by atoms with Gasteiger partial charge in [-0.05, 0) is 42.2 Å². The third-order valence-corrected chi connectivity index (χ3v) is 4.82. The molecule has 130 valence electrons. The topological polar surface area (TPSA) is 99.1 Å². The van der Waals surface area contributed by atoms with E-state index >= 15 is 0 Å². The fourth-order valence-electron chi connectivity index (χ4n) is 2.60. The largest absolute Gasteiger partial charge is 0.421 e. The van der Waals surface area contributed by atoms with E-state index in [0.29, 0.717) is 23.8 Å². The van der Waals surface area contributed by atoms with Gasteiger partial charge >= 0.3 is 0 Å². The number of aromatic nitrogens is 2. The number of benzene rings is 2. The van der Waals surface area contributed by atoms with Crippen molar-refractivity contribution < 1.29 is 12.8 Å². The minimum Gasteiger partial charge on any atom is -0.421 e. The minimum absolute atomic E-state index is 0.153. The van der Waals surface area contributed by atoms with Crippen LogP contribution < -0.4 is 5.14 Å². The van der Waals surface area contributed by atoms with Crippen LogP contribution in [0.3, 0.4) is 0 Å². The van der Waals surface area contributed by atoms with Crippen LogP contribution in [0.1, 0.15) is 30.4 Å². The highest BCUT2D eigenvalue weighted by atomic mass is 32.2. The predicted octanol–water partition coefficient (Wildman–Crippen LogP) is 2.93. The van der Waals surface area contributed by atoms with Crippen LogP contribution in [0, 0.1) is 0 Å². The Morgan fingerprint density at radius 3 is 2.44 bits per heavy atom. The molecule has 0 amide bonds. The highest BCUT2D eigenvalue weighted by Crippen LogP contribution is 2.22. The van der Waals surface area contributed by atoms with E-state index in [2.05, 4.69) is 17.1 Å². The van der Waals surface area contributed by atoms with Crippen LogP contribution in [0.5, 0.6) is 0 Å². The second-order valence-electron chi connectivity index (χ2n) is 5.78. The number of rotatable bonds is 6. The van der Waals surface area contributed by atoms with Crippen molar-refractivity contribution in [2.75, 3.05) is 0 Å². The van der Waals surface area contributed by atoms with Crippen LogP contribution in [0.2, 0.25) is 0 Å². The van der Waals surface area contributed by atoms with Crippen molar-refractivity contribution in [1.29, 1.82) is 0 Å². The van der Waals surface area contributed by atoms with E-state index in [1.54, 1.807) is 18.2 Å². The Bertz CT molecular complexity index is 963. The Labute approximate surface area is 146 Å². The quantitative estimate of drug-likeness (QED) is 0.731. The summed E-state index contributed by atoms with van der Waals surface area (Å²) in [6.45, 7) is 2.05. The molecule has 1 aromatic heterocycles. The maximum Gasteiger partial charge on any atom is 0.247 e. The molecule has 25 heavy (non-hydrogen) atoms. The van der Waals surface area contributed by atoms with Gasteiger partial charge in [0.15, 0.2) is 0 Å². The van der Waals surface area contributed by atoms with Gasteiger partial charge in [0, 0.05) is 12.0 Å². The summed E-state index contributed by atoms with van der Waals surface area (Å²) in [7, 11) is -3.74. The summed E-state index contributed by atoms with van der Waals surface area (Å²) in [5.41, 5.74) is 2.47. The summed E-state index contributed by atoms with van der Waals surface area (Å²) in [5.74, 6) is 1.11. The molecule has 0 radical (unpaired) electrons. The molecule has 0 aliphatic rings. The summed E-state index contributed by atoms with van der Waals surface area (Å²) in [4.78, 5) is 0.153. The molecule has 2 N–H and O–H groups in total. The number of hydrogen-bond donors (Lipinski definition) is 1. The highest BCUT2D eigenvalue weighted by Gasteiger charge is 2.14. The van der Waals surface area contributed by atoms with Crippen molar-refractivity contribution >= 4 is 10.0 Å². The first-order chi connectivity index (χ1) is 12.0. The van der Waals surface area contributed by atoms with E-state index in [1.807, 2.05) is 24.3 Å². The van der Waals surface area contributed by atoms with Gasteiger partial charge in [-0.3, -0.25) is 0 Å². The Hall–Kier alpha value is -2.51. The molecular weight excluding hydrogens is 338 g/mol. The van der Waals surface area contributed by atoms with Gasteiger partial charge in [-0.2, -0.15) is 0 Å². The van der Waals surface area contributed by atoms with E-state index in [1.165, 1.54) is 6.07 Å². The zero-order valence-corrected chi connectivity index (χ0v) is 14.7. The zero-order chi connectivity index (χ0) is 17.9. The predicted molar refractivity (Wildman–Crippen MR) is 94.4 cm³/mol. The maximum absolute atomic E-state index is 11.7. The van der Waals surface area contributed by atoms with Gasteiger partial charge in [-0.1, -0.05) is 37.3 Å². The number of nitrogens with zero attached hydrogens (tertiary/aromatic N) is 2. The standard InChI is InChI=1S/C18H19N3O3S/c1-2-5-17-20-21-18(24-17)14-10-8-13(9-11-14)12-15-6-3-4-7-16(15)25(19,22)23/h3-4,6-11H,2,5,12H2,1H3,(H2,19,22,23). The van der Waals surface area contributed by atoms with Gasteiger partial charge in [0.25, 0.3) is 0 Å². The van der Waals surface area contributed by atoms with Crippen molar-refractivity contribution in [3.05, 3.63) is 65.5 Å². The maximum atomic E-state index is 11.7. The molecule has 0 aliphatic carbocycles. The molecule has 0 saturated carbocycles. The van der Waals surface area contributed by atoms with Crippen LogP contribution >= 0.6 is 0 Å². The molecule has 3 rings (SSSR count). The summed E-state index contributed by atoms with van der Waals surface area (Å²) < 4.78 is 29.0. The molecule has 1 heterocycles. The van der Waals surface area contributed by atoms with Crippen molar-refractivity contribution in [3.8, 4) is 11.5 Å². The highest BCUT2D eigenvalue weighted by molar-refractivity contribution is 7.89. The van der Waals surface area contributed by atoms with Crippen molar-refractivity contribution in [2.45, 2.75) is 31.1 Å². The molecule has 0 bridgehead atoms. The fraction of sp³-hybridized carbons (Fsp3) is 0.222. The summed E-state index contributed by atoms with van der Waals surface area (Å²) in [6.07, 6.45) is 2.18. The van der Waals surface area contributed by atoms with Gasteiger partial charge in [-0.25, -0.2) is 13.6 Å². The Balaban J connectivity index is 1.82. The first-order valence-corrected chi connectivity index (χ1v) is 9.54. The molecule has 0 saturated heterocycles. The van der Waals surface area contributed by atoms with Gasteiger partial charge in [0.05, 0.1) is 4.90 Å². The van der Waals surface area contributed by atoms with Crippen molar-refractivity contribution in [2.24, 2.45) is 5.14 Å². The van der Waals surface area contributed by atoms with Gasteiger partial charge in [0.2, 0.25) is 21.8 Å². The number of sulfonamides is 1. The molecular formula is C18H19N3O3S. The Morgan fingerprint density at radius 2 is 1.76 bits per heavy atom. The first-order valence-electron chi connectivity index (χ1n) is 8.00. The van der Waals surface area contributed by atoms with Gasteiger partial charge in [-0.15, -0.1) is 10.2 Å². The molecule has 3 aromatic rings. The summed E-state index contributed by atoms with van der Waals surface area (Å²) in [5, 5.41) is 13.3. The number of nitrogens with two attached hydrogens (primary N) is 1. The van der Waals surface area contributed by atoms with E-state index in [9.17, 15) is 8.42 Å². The lowest BCUT2D eigenvalue weighted by molar-refractivity contribution is 0.502. The van der Waals surface area contributed by atoms with Crippen LogP contribution in [0.25, 0.3) is 11.5 Å². The number of aryl methyl sites for hydroxylation is 1. The Kier molecular flexibility index (Phi) is 4.96. The number of hydrogen-bond acceptors (Lipinski definition) is 5. The van der Waals surface area contributed by atoms with E-state index < -0.39 is 10.0 Å².